The Labute approximate surface area is 108 Å². The number of alkyl halides is 3. The molecule has 0 heterocycles. The van der Waals surface area contributed by atoms with Crippen molar-refractivity contribution in [1.82, 2.24) is 0 Å². The Balaban J connectivity index is 3.00. The van der Waals surface area contributed by atoms with Gasteiger partial charge in [-0.3, -0.25) is 0 Å². The summed E-state index contributed by atoms with van der Waals surface area (Å²) in [6.45, 7) is 3.09. The smallest absolute Gasteiger partial charge is 0.403 e. The molecule has 0 radical (unpaired) electrons. The molecule has 0 spiro atoms. The molecule has 1 rings (SSSR count). The highest BCUT2D eigenvalue weighted by Crippen LogP contribution is 2.33. The van der Waals surface area contributed by atoms with E-state index >= 15 is 0 Å². The molecule has 0 fully saturated rings. The minimum atomic E-state index is -4.95. The average molecular weight is 281 g/mol. The van der Waals surface area contributed by atoms with Gasteiger partial charge in [-0.1, -0.05) is 19.9 Å². The molecule has 1 aromatic carbocycles. The molecule has 3 N–H and O–H groups in total. The lowest BCUT2D eigenvalue weighted by Crippen LogP contribution is -2.32. The average Bonchev–Trinajstić information content (AvgIpc) is 2.29. The Bertz CT molecular complexity index is 446. The summed E-state index contributed by atoms with van der Waals surface area (Å²) in [7, 11) is 0. The number of hydrogen-bond acceptors (Lipinski definition) is 3. The van der Waals surface area contributed by atoms with Crippen molar-refractivity contribution in [2.45, 2.75) is 26.3 Å². The maximum Gasteiger partial charge on any atom is 0.573 e. The van der Waals surface area contributed by atoms with Gasteiger partial charge in [-0.2, -0.15) is 0 Å². The lowest BCUT2D eigenvalue weighted by atomic mass is 9.82. The highest BCUT2D eigenvalue weighted by atomic mass is 19.4. The quantitative estimate of drug-likeness (QED) is 0.834. The third kappa shape index (κ3) is 4.07. The van der Waals surface area contributed by atoms with Crippen molar-refractivity contribution in [3.63, 3.8) is 0 Å². The van der Waals surface area contributed by atoms with Gasteiger partial charge in [0.15, 0.2) is 11.6 Å². The lowest BCUT2D eigenvalue weighted by molar-refractivity contribution is -0.275. The number of halogens is 4. The van der Waals surface area contributed by atoms with E-state index < -0.39 is 29.4 Å². The standard InChI is InChI=1S/C12H15F4NO2/c1-11(2,6-18)10(17)7-3-4-9(8(13)5-7)19-12(14,15)16/h3-5,10,18H,6,17H2,1-2H3/t10-/m1/s1. The fourth-order valence-electron chi connectivity index (χ4n) is 1.47. The van der Waals surface area contributed by atoms with Crippen LogP contribution < -0.4 is 10.5 Å². The van der Waals surface area contributed by atoms with Gasteiger partial charge in [-0.15, -0.1) is 13.2 Å². The van der Waals surface area contributed by atoms with Gasteiger partial charge in [0, 0.05) is 18.1 Å². The molecular formula is C12H15F4NO2. The molecule has 0 bridgehead atoms. The molecule has 3 nitrogen and oxygen atoms in total. The maximum atomic E-state index is 13.5. The van der Waals surface area contributed by atoms with Gasteiger partial charge in [-0.25, -0.2) is 4.39 Å². The van der Waals surface area contributed by atoms with E-state index in [1.165, 1.54) is 6.07 Å². The van der Waals surface area contributed by atoms with Gasteiger partial charge in [0.2, 0.25) is 0 Å². The van der Waals surface area contributed by atoms with Crippen LogP contribution in [0.15, 0.2) is 18.2 Å². The predicted molar refractivity (Wildman–Crippen MR) is 60.9 cm³/mol. The fraction of sp³-hybridized carbons (Fsp3) is 0.500. The minimum Gasteiger partial charge on any atom is -0.403 e. The van der Waals surface area contributed by atoms with Gasteiger partial charge in [-0.05, 0) is 17.7 Å². The van der Waals surface area contributed by atoms with Crippen LogP contribution in [0.2, 0.25) is 0 Å². The summed E-state index contributed by atoms with van der Waals surface area (Å²) in [5, 5.41) is 9.16. The number of ether oxygens (including phenoxy) is 1. The monoisotopic (exact) mass is 281 g/mol. The summed E-state index contributed by atoms with van der Waals surface area (Å²) in [4.78, 5) is 0. The predicted octanol–water partition coefficient (Wildman–Crippen LogP) is 2.74. The van der Waals surface area contributed by atoms with Crippen molar-refractivity contribution < 1.29 is 27.4 Å². The molecule has 1 aromatic rings. The normalized spacial score (nSPS) is 14.3. The highest BCUT2D eigenvalue weighted by molar-refractivity contribution is 5.32. The van der Waals surface area contributed by atoms with Gasteiger partial charge in [0.25, 0.3) is 0 Å². The van der Waals surface area contributed by atoms with E-state index in [-0.39, 0.29) is 12.2 Å². The zero-order valence-corrected chi connectivity index (χ0v) is 10.5. The van der Waals surface area contributed by atoms with E-state index in [2.05, 4.69) is 4.74 Å². The van der Waals surface area contributed by atoms with Crippen LogP contribution in [0, 0.1) is 11.2 Å². The van der Waals surface area contributed by atoms with Crippen molar-refractivity contribution >= 4 is 0 Å². The molecule has 0 saturated heterocycles. The second kappa shape index (κ2) is 5.34. The van der Waals surface area contributed by atoms with Crippen molar-refractivity contribution in [2.24, 2.45) is 11.1 Å². The van der Waals surface area contributed by atoms with Gasteiger partial charge in [0.05, 0.1) is 0 Å². The van der Waals surface area contributed by atoms with Crippen molar-refractivity contribution in [1.29, 1.82) is 0 Å². The van der Waals surface area contributed by atoms with Gasteiger partial charge >= 0.3 is 6.36 Å². The van der Waals surface area contributed by atoms with Crippen LogP contribution in [0.5, 0.6) is 5.75 Å². The van der Waals surface area contributed by atoms with E-state index in [9.17, 15) is 17.6 Å². The SMILES string of the molecule is CC(C)(CO)[C@H](N)c1ccc(OC(F)(F)F)c(F)c1. The topological polar surface area (TPSA) is 55.5 Å². The summed E-state index contributed by atoms with van der Waals surface area (Å²) >= 11 is 0. The highest BCUT2D eigenvalue weighted by Gasteiger charge is 2.33. The molecule has 0 saturated carbocycles. The Morgan fingerprint density at radius 1 is 1.32 bits per heavy atom. The minimum absolute atomic E-state index is 0.239. The summed E-state index contributed by atoms with van der Waals surface area (Å²) in [5.41, 5.74) is 5.40. The summed E-state index contributed by atoms with van der Waals surface area (Å²) < 4.78 is 52.9. The largest absolute Gasteiger partial charge is 0.573 e. The van der Waals surface area contributed by atoms with Gasteiger partial charge in [0.1, 0.15) is 0 Å². The molecular weight excluding hydrogens is 266 g/mol. The van der Waals surface area contributed by atoms with E-state index in [0.29, 0.717) is 0 Å². The zero-order chi connectivity index (χ0) is 14.8. The number of rotatable bonds is 4. The van der Waals surface area contributed by atoms with Crippen LogP contribution in [0.25, 0.3) is 0 Å². The van der Waals surface area contributed by atoms with Crippen LogP contribution in [-0.4, -0.2) is 18.1 Å². The van der Waals surface area contributed by atoms with E-state index in [0.717, 1.165) is 12.1 Å². The van der Waals surface area contributed by atoms with E-state index in [4.69, 9.17) is 10.8 Å². The van der Waals surface area contributed by atoms with Crippen LogP contribution >= 0.6 is 0 Å². The Morgan fingerprint density at radius 2 is 1.89 bits per heavy atom. The van der Waals surface area contributed by atoms with Crippen LogP contribution in [-0.2, 0) is 0 Å². The molecule has 0 aliphatic carbocycles. The number of benzene rings is 1. The zero-order valence-electron chi connectivity index (χ0n) is 10.5. The molecule has 0 aromatic heterocycles. The number of aliphatic hydroxyl groups excluding tert-OH is 1. The maximum absolute atomic E-state index is 13.5. The first-order valence-corrected chi connectivity index (χ1v) is 5.48. The number of aliphatic hydroxyl groups is 1. The van der Waals surface area contributed by atoms with Gasteiger partial charge < -0.3 is 15.6 Å². The lowest BCUT2D eigenvalue weighted by Gasteiger charge is -2.29. The van der Waals surface area contributed by atoms with E-state index in [1.807, 2.05) is 0 Å². The van der Waals surface area contributed by atoms with Crippen LogP contribution in [0.3, 0.4) is 0 Å². The summed E-state index contributed by atoms with van der Waals surface area (Å²) in [6.07, 6.45) is -4.95. The molecule has 0 amide bonds. The number of nitrogens with two attached hydrogens (primary N) is 1. The summed E-state index contributed by atoms with van der Waals surface area (Å²) in [6, 6.07) is 2.27. The molecule has 0 aliphatic heterocycles. The first kappa shape index (κ1) is 15.7. The first-order valence-electron chi connectivity index (χ1n) is 5.48. The Morgan fingerprint density at radius 3 is 2.32 bits per heavy atom. The fourth-order valence-corrected chi connectivity index (χ4v) is 1.47. The van der Waals surface area contributed by atoms with Crippen LogP contribution in [0.1, 0.15) is 25.5 Å². The second-order valence-electron chi connectivity index (χ2n) is 4.86. The van der Waals surface area contributed by atoms with Crippen LogP contribution in [0.4, 0.5) is 17.6 Å². The van der Waals surface area contributed by atoms with Crippen molar-refractivity contribution in [2.75, 3.05) is 6.61 Å². The number of hydrogen-bond donors (Lipinski definition) is 2. The molecule has 0 aliphatic rings. The Hall–Kier alpha value is -1.34. The van der Waals surface area contributed by atoms with E-state index in [1.54, 1.807) is 13.8 Å². The van der Waals surface area contributed by atoms with Crippen molar-refractivity contribution in [3.05, 3.63) is 29.6 Å². The summed E-state index contributed by atoms with van der Waals surface area (Å²) in [5.74, 6) is -2.07. The third-order valence-electron chi connectivity index (χ3n) is 2.79. The molecule has 19 heavy (non-hydrogen) atoms. The van der Waals surface area contributed by atoms with Crippen molar-refractivity contribution in [3.8, 4) is 5.75 Å². The molecule has 108 valence electrons. The molecule has 1 atom stereocenters. The second-order valence-corrected chi connectivity index (χ2v) is 4.86. The molecule has 0 unspecified atom stereocenters. The first-order chi connectivity index (χ1) is 8.57. The third-order valence-corrected chi connectivity index (χ3v) is 2.79. The Kier molecular flexibility index (Phi) is 4.42. The molecule has 7 heteroatoms.